The minimum atomic E-state index is -0.295. The number of halogens is 1. The minimum Gasteiger partial charge on any atom is -0.330 e. The van der Waals surface area contributed by atoms with Crippen LogP contribution >= 0.6 is 0 Å². The molecule has 20 heavy (non-hydrogen) atoms. The van der Waals surface area contributed by atoms with E-state index in [9.17, 15) is 9.18 Å². The molecule has 0 bridgehead atoms. The second-order valence-electron chi connectivity index (χ2n) is 5.48. The number of ketones is 1. The van der Waals surface area contributed by atoms with Gasteiger partial charge in [0.2, 0.25) is 0 Å². The van der Waals surface area contributed by atoms with Crippen molar-refractivity contribution in [2.24, 2.45) is 11.7 Å². The molecule has 0 aliphatic carbocycles. The lowest BCUT2D eigenvalue weighted by molar-refractivity contribution is 0.0839. The topological polar surface area (TPSA) is 46.3 Å². The number of benzene rings is 1. The summed E-state index contributed by atoms with van der Waals surface area (Å²) < 4.78 is 12.9. The fourth-order valence-electron chi connectivity index (χ4n) is 2.75. The summed E-state index contributed by atoms with van der Waals surface area (Å²) in [6, 6.07) is 5.89. The van der Waals surface area contributed by atoms with E-state index in [1.807, 2.05) is 0 Å². The number of carbonyl (C=O) groups is 1. The van der Waals surface area contributed by atoms with Crippen molar-refractivity contribution >= 4 is 5.78 Å². The third kappa shape index (κ3) is 4.12. The molecule has 110 valence electrons. The van der Waals surface area contributed by atoms with Crippen molar-refractivity contribution in [1.29, 1.82) is 0 Å². The van der Waals surface area contributed by atoms with Gasteiger partial charge in [0, 0.05) is 11.5 Å². The number of rotatable bonds is 6. The van der Waals surface area contributed by atoms with Crippen molar-refractivity contribution in [3.8, 4) is 0 Å². The predicted molar refractivity (Wildman–Crippen MR) is 78.2 cm³/mol. The number of nitrogens with two attached hydrogens (primary N) is 1. The van der Waals surface area contributed by atoms with Gasteiger partial charge in [0.1, 0.15) is 5.82 Å². The van der Waals surface area contributed by atoms with Crippen LogP contribution in [0.25, 0.3) is 0 Å². The van der Waals surface area contributed by atoms with Crippen molar-refractivity contribution in [3.05, 3.63) is 35.6 Å². The molecule has 3 nitrogen and oxygen atoms in total. The molecule has 1 aromatic carbocycles. The van der Waals surface area contributed by atoms with E-state index < -0.39 is 0 Å². The monoisotopic (exact) mass is 278 g/mol. The van der Waals surface area contributed by atoms with Gasteiger partial charge >= 0.3 is 0 Å². The van der Waals surface area contributed by atoms with Crippen molar-refractivity contribution in [1.82, 2.24) is 4.90 Å². The molecule has 1 aliphatic heterocycles. The van der Waals surface area contributed by atoms with Crippen molar-refractivity contribution in [3.63, 3.8) is 0 Å². The highest BCUT2D eigenvalue weighted by atomic mass is 19.1. The van der Waals surface area contributed by atoms with Gasteiger partial charge in [0.05, 0.1) is 0 Å². The van der Waals surface area contributed by atoms with Gasteiger partial charge in [-0.15, -0.1) is 0 Å². The van der Waals surface area contributed by atoms with E-state index in [-0.39, 0.29) is 17.5 Å². The van der Waals surface area contributed by atoms with Gasteiger partial charge in [-0.05, 0) is 76.1 Å². The highest BCUT2D eigenvalue weighted by molar-refractivity contribution is 5.97. The maximum absolute atomic E-state index is 12.9. The van der Waals surface area contributed by atoms with Gasteiger partial charge in [-0.2, -0.15) is 0 Å². The predicted octanol–water partition coefficient (Wildman–Crippen LogP) is 2.46. The Labute approximate surface area is 120 Å². The molecule has 2 N–H and O–H groups in total. The molecule has 2 rings (SSSR count). The zero-order chi connectivity index (χ0) is 14.4. The quantitative estimate of drug-likeness (QED) is 0.642. The summed E-state index contributed by atoms with van der Waals surface area (Å²) in [5.41, 5.74) is 6.12. The van der Waals surface area contributed by atoms with Crippen LogP contribution in [0.15, 0.2) is 24.3 Å². The average Bonchev–Trinajstić information content (AvgIpc) is 2.48. The molecule has 0 saturated carbocycles. The van der Waals surface area contributed by atoms with E-state index in [1.165, 1.54) is 12.1 Å². The third-order valence-electron chi connectivity index (χ3n) is 4.02. The van der Waals surface area contributed by atoms with E-state index in [2.05, 4.69) is 4.90 Å². The molecular formula is C16H23FN2O. The Bertz CT molecular complexity index is 425. The largest absolute Gasteiger partial charge is 0.330 e. The number of hydrogen-bond donors (Lipinski definition) is 1. The zero-order valence-corrected chi connectivity index (χ0v) is 11.9. The van der Waals surface area contributed by atoms with Crippen LogP contribution in [-0.4, -0.2) is 36.9 Å². The summed E-state index contributed by atoms with van der Waals surface area (Å²) in [7, 11) is 0. The fraction of sp³-hybridized carbons (Fsp3) is 0.562. The third-order valence-corrected chi connectivity index (χ3v) is 4.02. The number of nitrogens with zero attached hydrogens (tertiary/aromatic N) is 1. The van der Waals surface area contributed by atoms with Gasteiger partial charge in [-0.1, -0.05) is 0 Å². The molecule has 1 aliphatic rings. The van der Waals surface area contributed by atoms with Crippen LogP contribution in [-0.2, 0) is 0 Å². The lowest BCUT2D eigenvalue weighted by Crippen LogP contribution is -2.37. The number of unbranched alkanes of at least 4 members (excludes halogenated alkanes) is 1. The van der Waals surface area contributed by atoms with Crippen LogP contribution in [0.5, 0.6) is 0 Å². The first-order valence-corrected chi connectivity index (χ1v) is 7.43. The van der Waals surface area contributed by atoms with Gasteiger partial charge in [0.15, 0.2) is 5.78 Å². The van der Waals surface area contributed by atoms with Crippen molar-refractivity contribution in [2.45, 2.75) is 25.7 Å². The molecule has 1 aromatic rings. The van der Waals surface area contributed by atoms with Crippen LogP contribution in [0.2, 0.25) is 0 Å². The average molecular weight is 278 g/mol. The molecule has 0 aromatic heterocycles. The summed E-state index contributed by atoms with van der Waals surface area (Å²) in [6.45, 7) is 3.78. The van der Waals surface area contributed by atoms with E-state index >= 15 is 0 Å². The summed E-state index contributed by atoms with van der Waals surface area (Å²) in [5.74, 6) is -0.0471. The van der Waals surface area contributed by atoms with Crippen molar-refractivity contribution < 1.29 is 9.18 Å². The Hall–Kier alpha value is -1.26. The van der Waals surface area contributed by atoms with Gasteiger partial charge in [0.25, 0.3) is 0 Å². The maximum atomic E-state index is 12.9. The van der Waals surface area contributed by atoms with E-state index in [0.717, 1.165) is 51.9 Å². The van der Waals surface area contributed by atoms with Crippen LogP contribution in [0.1, 0.15) is 36.0 Å². The Morgan fingerprint density at radius 1 is 1.20 bits per heavy atom. The molecule has 1 saturated heterocycles. The SMILES string of the molecule is NCCCCN1CCC(C(=O)c2ccc(F)cc2)CC1. The molecule has 1 heterocycles. The van der Waals surface area contributed by atoms with Crippen LogP contribution < -0.4 is 5.73 Å². The molecular weight excluding hydrogens is 255 g/mol. The number of carbonyl (C=O) groups excluding carboxylic acids is 1. The molecule has 0 amide bonds. The smallest absolute Gasteiger partial charge is 0.166 e. The highest BCUT2D eigenvalue weighted by Gasteiger charge is 2.25. The van der Waals surface area contributed by atoms with Crippen molar-refractivity contribution in [2.75, 3.05) is 26.2 Å². The summed E-state index contributed by atoms with van der Waals surface area (Å²) >= 11 is 0. The minimum absolute atomic E-state index is 0.0891. The second-order valence-corrected chi connectivity index (χ2v) is 5.48. The summed E-state index contributed by atoms with van der Waals surface area (Å²) in [6.07, 6.45) is 4.00. The normalized spacial score (nSPS) is 17.3. The van der Waals surface area contributed by atoms with Gasteiger partial charge in [-0.3, -0.25) is 4.79 Å². The molecule has 0 spiro atoms. The van der Waals surface area contributed by atoms with E-state index in [1.54, 1.807) is 12.1 Å². The Balaban J connectivity index is 1.81. The first kappa shape index (κ1) is 15.1. The number of hydrogen-bond acceptors (Lipinski definition) is 3. The van der Waals surface area contributed by atoms with Gasteiger partial charge < -0.3 is 10.6 Å². The zero-order valence-electron chi connectivity index (χ0n) is 11.9. The Morgan fingerprint density at radius 3 is 2.45 bits per heavy atom. The molecule has 0 unspecified atom stereocenters. The first-order chi connectivity index (χ1) is 9.70. The van der Waals surface area contributed by atoms with Crippen LogP contribution in [0, 0.1) is 11.7 Å². The molecule has 4 heteroatoms. The molecule has 0 atom stereocenters. The number of Topliss-reactive ketones (excluding diaryl/α,β-unsaturated/α-hetero) is 1. The summed E-state index contributed by atoms with van der Waals surface area (Å²) in [5, 5.41) is 0. The molecule has 1 fully saturated rings. The fourth-order valence-corrected chi connectivity index (χ4v) is 2.75. The Kier molecular flexibility index (Phi) is 5.68. The van der Waals surface area contributed by atoms with Gasteiger partial charge in [-0.25, -0.2) is 4.39 Å². The first-order valence-electron chi connectivity index (χ1n) is 7.43. The van der Waals surface area contributed by atoms with E-state index in [4.69, 9.17) is 5.73 Å². The lowest BCUT2D eigenvalue weighted by Gasteiger charge is -2.31. The Morgan fingerprint density at radius 2 is 1.85 bits per heavy atom. The van der Waals surface area contributed by atoms with Crippen LogP contribution in [0.3, 0.4) is 0 Å². The highest BCUT2D eigenvalue weighted by Crippen LogP contribution is 2.22. The maximum Gasteiger partial charge on any atom is 0.166 e. The number of piperidine rings is 1. The number of likely N-dealkylation sites (tertiary alicyclic amines) is 1. The molecule has 0 radical (unpaired) electrons. The second kappa shape index (κ2) is 7.50. The lowest BCUT2D eigenvalue weighted by atomic mass is 9.89. The standard InChI is InChI=1S/C16H23FN2O/c17-15-5-3-13(4-6-15)16(20)14-7-11-19(12-8-14)10-2-1-9-18/h3-6,14H,1-2,7-12,18H2. The van der Waals surface area contributed by atoms with E-state index in [0.29, 0.717) is 5.56 Å². The summed E-state index contributed by atoms with van der Waals surface area (Å²) in [4.78, 5) is 14.7. The van der Waals surface area contributed by atoms with Crippen LogP contribution in [0.4, 0.5) is 4.39 Å².